The van der Waals surface area contributed by atoms with E-state index in [0.29, 0.717) is 6.61 Å². The topological polar surface area (TPSA) is 91.4 Å². The average Bonchev–Trinajstić information content (AvgIpc) is 2.54. The Labute approximate surface area is 195 Å². The van der Waals surface area contributed by atoms with Crippen molar-refractivity contribution in [2.24, 2.45) is 5.92 Å². The van der Waals surface area contributed by atoms with Gasteiger partial charge >= 0.3 is 18.2 Å². The third kappa shape index (κ3) is 10.3. The highest BCUT2D eigenvalue weighted by atomic mass is 28.4. The van der Waals surface area contributed by atoms with Gasteiger partial charge in [-0.1, -0.05) is 27.7 Å². The van der Waals surface area contributed by atoms with Crippen LogP contribution >= 0.6 is 0 Å². The van der Waals surface area contributed by atoms with Crippen LogP contribution in [0, 0.1) is 5.92 Å². The summed E-state index contributed by atoms with van der Waals surface area (Å²) in [5.41, 5.74) is -1.73. The van der Waals surface area contributed by atoms with Crippen molar-refractivity contribution in [1.82, 2.24) is 4.90 Å². The Hall–Kier alpha value is -1.61. The van der Waals surface area contributed by atoms with Gasteiger partial charge in [-0.05, 0) is 72.0 Å². The zero-order valence-corrected chi connectivity index (χ0v) is 23.4. The second kappa shape index (κ2) is 11.0. The van der Waals surface area contributed by atoms with Gasteiger partial charge in [0.1, 0.15) is 17.2 Å². The summed E-state index contributed by atoms with van der Waals surface area (Å²) in [5, 5.41) is 0.0353. The van der Waals surface area contributed by atoms with Crippen LogP contribution in [0.2, 0.25) is 18.1 Å². The van der Waals surface area contributed by atoms with E-state index in [1.54, 1.807) is 41.5 Å². The molecule has 2 atom stereocenters. The van der Waals surface area contributed by atoms with Gasteiger partial charge in [0.2, 0.25) is 0 Å². The normalized spacial score (nSPS) is 14.9. The zero-order valence-electron chi connectivity index (χ0n) is 22.4. The molecule has 0 N–H and O–H groups in total. The van der Waals surface area contributed by atoms with Crippen LogP contribution in [0.1, 0.15) is 75.7 Å². The molecule has 188 valence electrons. The standard InChI is InChI=1S/C23H45NO7Si/c1-16(15-29-32(12,13)23(8,9)10)14-17(18(25)28-11)24(19(26)30-21(2,3)4)20(27)31-22(5,6)7/h16-17H,14-15H2,1-13H3. The number of nitrogens with zero attached hydrogens (tertiary/aromatic N) is 1. The van der Waals surface area contributed by atoms with Gasteiger partial charge in [-0.25, -0.2) is 14.4 Å². The SMILES string of the molecule is COC(=O)C(CC(C)CO[Si](C)(C)C(C)(C)C)N(C(=O)OC(C)(C)C)C(=O)OC(C)(C)C. The largest absolute Gasteiger partial charge is 0.467 e. The van der Waals surface area contributed by atoms with Gasteiger partial charge in [0.15, 0.2) is 8.32 Å². The smallest absolute Gasteiger partial charge is 0.420 e. The summed E-state index contributed by atoms with van der Waals surface area (Å²) in [6.07, 6.45) is -1.76. The molecule has 8 nitrogen and oxygen atoms in total. The number of amides is 2. The van der Waals surface area contributed by atoms with E-state index in [1.165, 1.54) is 7.11 Å². The van der Waals surface area contributed by atoms with Gasteiger partial charge in [0.05, 0.1) is 7.11 Å². The molecule has 2 unspecified atom stereocenters. The molecule has 0 spiro atoms. The van der Waals surface area contributed by atoms with Crippen molar-refractivity contribution in [3.05, 3.63) is 0 Å². The lowest BCUT2D eigenvalue weighted by molar-refractivity contribution is -0.147. The van der Waals surface area contributed by atoms with Crippen molar-refractivity contribution < 1.29 is 33.0 Å². The summed E-state index contributed by atoms with van der Waals surface area (Å²) in [5.74, 6) is -0.860. The van der Waals surface area contributed by atoms with Crippen molar-refractivity contribution in [3.63, 3.8) is 0 Å². The Morgan fingerprint density at radius 3 is 1.56 bits per heavy atom. The highest BCUT2D eigenvalue weighted by molar-refractivity contribution is 6.74. The van der Waals surface area contributed by atoms with Gasteiger partial charge in [-0.15, -0.1) is 0 Å². The molecular formula is C23H45NO7Si. The average molecular weight is 476 g/mol. The predicted octanol–water partition coefficient (Wildman–Crippen LogP) is 5.75. The van der Waals surface area contributed by atoms with E-state index < -0.39 is 43.7 Å². The molecule has 0 saturated heterocycles. The predicted molar refractivity (Wildman–Crippen MR) is 127 cm³/mol. The molecule has 0 radical (unpaired) electrons. The number of carbonyl (C=O) groups excluding carboxylic acids is 3. The monoisotopic (exact) mass is 475 g/mol. The number of hydrogen-bond donors (Lipinski definition) is 0. The van der Waals surface area contributed by atoms with E-state index in [2.05, 4.69) is 33.9 Å². The Morgan fingerprint density at radius 2 is 1.25 bits per heavy atom. The van der Waals surface area contributed by atoms with Crippen molar-refractivity contribution in [2.45, 2.75) is 111 Å². The molecular weight excluding hydrogens is 430 g/mol. The third-order valence-corrected chi connectivity index (χ3v) is 9.63. The lowest BCUT2D eigenvalue weighted by atomic mass is 10.0. The second-order valence-corrected chi connectivity index (χ2v) is 16.6. The Balaban J connectivity index is 5.86. The Kier molecular flexibility index (Phi) is 10.5. The lowest BCUT2D eigenvalue weighted by Gasteiger charge is -2.37. The Bertz CT molecular complexity index is 629. The molecule has 0 aliphatic carbocycles. The first kappa shape index (κ1) is 30.4. The third-order valence-electron chi connectivity index (χ3n) is 5.13. The molecule has 0 rings (SSSR count). The van der Waals surface area contributed by atoms with Crippen LogP contribution in [0.3, 0.4) is 0 Å². The molecule has 2 amide bonds. The van der Waals surface area contributed by atoms with E-state index in [9.17, 15) is 14.4 Å². The van der Waals surface area contributed by atoms with Crippen LogP contribution < -0.4 is 0 Å². The summed E-state index contributed by atoms with van der Waals surface area (Å²) < 4.78 is 22.0. The molecule has 0 fully saturated rings. The van der Waals surface area contributed by atoms with Crippen LogP contribution in [0.5, 0.6) is 0 Å². The van der Waals surface area contributed by atoms with E-state index in [4.69, 9.17) is 18.6 Å². The van der Waals surface area contributed by atoms with Crippen LogP contribution in [-0.2, 0) is 23.4 Å². The number of rotatable bonds is 7. The first-order valence-electron chi connectivity index (χ1n) is 11.1. The van der Waals surface area contributed by atoms with E-state index in [0.717, 1.165) is 4.90 Å². The number of imide groups is 1. The van der Waals surface area contributed by atoms with Crippen molar-refractivity contribution in [2.75, 3.05) is 13.7 Å². The highest BCUT2D eigenvalue weighted by Gasteiger charge is 2.42. The molecule has 9 heteroatoms. The molecule has 0 aliphatic heterocycles. The number of ether oxygens (including phenoxy) is 3. The minimum absolute atomic E-state index is 0.0353. The maximum absolute atomic E-state index is 12.9. The minimum Gasteiger partial charge on any atom is -0.467 e. The Morgan fingerprint density at radius 1 is 0.844 bits per heavy atom. The summed E-state index contributed by atoms with van der Waals surface area (Å²) in [7, 11) is -0.785. The van der Waals surface area contributed by atoms with Gasteiger partial charge in [-0.2, -0.15) is 4.90 Å². The van der Waals surface area contributed by atoms with Gasteiger partial charge in [-0.3, -0.25) is 0 Å². The molecule has 0 bridgehead atoms. The zero-order chi connectivity index (χ0) is 25.7. The van der Waals surface area contributed by atoms with Crippen molar-refractivity contribution >= 4 is 26.5 Å². The number of hydrogen-bond acceptors (Lipinski definition) is 7. The van der Waals surface area contributed by atoms with E-state index in [1.807, 2.05) is 6.92 Å². The van der Waals surface area contributed by atoms with Gasteiger partial charge in [0.25, 0.3) is 0 Å². The fraction of sp³-hybridized carbons (Fsp3) is 0.870. The molecule has 0 aromatic carbocycles. The van der Waals surface area contributed by atoms with Gasteiger partial charge in [0, 0.05) is 6.61 Å². The van der Waals surface area contributed by atoms with Crippen molar-refractivity contribution in [1.29, 1.82) is 0 Å². The molecule has 0 aromatic heterocycles. The maximum Gasteiger partial charge on any atom is 0.420 e. The number of carbonyl (C=O) groups is 3. The van der Waals surface area contributed by atoms with Crippen LogP contribution in [0.4, 0.5) is 9.59 Å². The van der Waals surface area contributed by atoms with Crippen LogP contribution in [0.25, 0.3) is 0 Å². The van der Waals surface area contributed by atoms with Gasteiger partial charge < -0.3 is 18.6 Å². The first-order chi connectivity index (χ1) is 14.1. The fourth-order valence-electron chi connectivity index (χ4n) is 2.41. The van der Waals surface area contributed by atoms with Crippen molar-refractivity contribution in [3.8, 4) is 0 Å². The first-order valence-corrected chi connectivity index (χ1v) is 14.0. The maximum atomic E-state index is 12.9. The molecule has 32 heavy (non-hydrogen) atoms. The minimum atomic E-state index is -2.00. The molecule has 0 saturated carbocycles. The van der Waals surface area contributed by atoms with E-state index >= 15 is 0 Å². The molecule has 0 aromatic rings. The van der Waals surface area contributed by atoms with Crippen LogP contribution in [0.15, 0.2) is 0 Å². The number of methoxy groups -OCH3 is 1. The van der Waals surface area contributed by atoms with Crippen LogP contribution in [-0.4, -0.2) is 62.3 Å². The van der Waals surface area contributed by atoms with E-state index in [-0.39, 0.29) is 17.4 Å². The quantitative estimate of drug-likeness (QED) is 0.263. The summed E-state index contributed by atoms with van der Waals surface area (Å²) in [6, 6.07) is -1.21. The fourth-order valence-corrected chi connectivity index (χ4v) is 3.54. The second-order valence-electron chi connectivity index (χ2n) is 11.8. The molecule has 0 heterocycles. The summed E-state index contributed by atoms with van der Waals surface area (Å²) >= 11 is 0. The molecule has 0 aliphatic rings. The lowest BCUT2D eigenvalue weighted by Crippen LogP contribution is -2.53. The summed E-state index contributed by atoms with van der Waals surface area (Å²) in [4.78, 5) is 39.3. The number of esters is 1. The summed E-state index contributed by atoms with van der Waals surface area (Å²) in [6.45, 7) is 23.1. The highest BCUT2D eigenvalue weighted by Crippen LogP contribution is 2.37.